The van der Waals surface area contributed by atoms with Gasteiger partial charge in [0.25, 0.3) is 10.1 Å². The molecule has 94 valence electrons. The quantitative estimate of drug-likeness (QED) is 0.541. The summed E-state index contributed by atoms with van der Waals surface area (Å²) < 4.78 is 69.4. The summed E-state index contributed by atoms with van der Waals surface area (Å²) in [5.41, 5.74) is 0. The second kappa shape index (κ2) is 4.45. The maximum atomic E-state index is 11.7. The van der Waals surface area contributed by atoms with E-state index >= 15 is 0 Å². The van der Waals surface area contributed by atoms with Gasteiger partial charge >= 0.3 is 12.3 Å². The molecular formula is C6H7F3O6S. The molecule has 1 atom stereocenters. The van der Waals surface area contributed by atoms with E-state index in [2.05, 4.69) is 13.7 Å². The Hall–Kier alpha value is -1.03. The summed E-state index contributed by atoms with van der Waals surface area (Å²) in [5, 5.41) is 0. The molecule has 0 aromatic heterocycles. The first-order valence-electron chi connectivity index (χ1n) is 3.95. The van der Waals surface area contributed by atoms with Crippen LogP contribution in [0.1, 0.15) is 0 Å². The van der Waals surface area contributed by atoms with Crippen molar-refractivity contribution in [2.45, 2.75) is 12.3 Å². The van der Waals surface area contributed by atoms with Crippen LogP contribution in [0.4, 0.5) is 18.0 Å². The Kier molecular flexibility index (Phi) is 3.63. The topological polar surface area (TPSA) is 78.9 Å². The molecule has 1 aliphatic rings. The highest BCUT2D eigenvalue weighted by Crippen LogP contribution is 2.18. The van der Waals surface area contributed by atoms with Gasteiger partial charge in [0, 0.05) is 0 Å². The van der Waals surface area contributed by atoms with Crippen LogP contribution in [-0.4, -0.2) is 45.8 Å². The summed E-state index contributed by atoms with van der Waals surface area (Å²) >= 11 is 0. The second-order valence-corrected chi connectivity index (χ2v) is 4.54. The summed E-state index contributed by atoms with van der Waals surface area (Å²) in [5.74, 6) is -2.08. The molecule has 1 unspecified atom stereocenters. The van der Waals surface area contributed by atoms with E-state index in [4.69, 9.17) is 0 Å². The molecule has 1 aliphatic heterocycles. The summed E-state index contributed by atoms with van der Waals surface area (Å²) in [6.07, 6.45) is -6.89. The molecule has 0 aliphatic carbocycles. The van der Waals surface area contributed by atoms with E-state index in [1.165, 1.54) is 0 Å². The summed E-state index contributed by atoms with van der Waals surface area (Å²) in [4.78, 5) is 10.4. The van der Waals surface area contributed by atoms with Gasteiger partial charge in [0.05, 0.1) is 0 Å². The number of rotatable bonds is 4. The fourth-order valence-corrected chi connectivity index (χ4v) is 1.71. The van der Waals surface area contributed by atoms with Gasteiger partial charge in [0.2, 0.25) is 0 Å². The van der Waals surface area contributed by atoms with E-state index in [0.717, 1.165) is 0 Å². The van der Waals surface area contributed by atoms with Crippen molar-refractivity contribution in [1.29, 1.82) is 0 Å². The fraction of sp³-hybridized carbons (Fsp3) is 0.833. The van der Waals surface area contributed by atoms with E-state index in [1.807, 2.05) is 0 Å². The van der Waals surface area contributed by atoms with Crippen LogP contribution in [0.5, 0.6) is 0 Å². The lowest BCUT2D eigenvalue weighted by Crippen LogP contribution is -2.28. The molecular weight excluding hydrogens is 257 g/mol. The minimum absolute atomic E-state index is 0.250. The van der Waals surface area contributed by atoms with E-state index < -0.39 is 40.9 Å². The average Bonchev–Trinajstić information content (AvgIpc) is 2.44. The van der Waals surface area contributed by atoms with Crippen molar-refractivity contribution in [2.75, 3.05) is 19.0 Å². The molecule has 10 heteroatoms. The SMILES string of the molecule is O=C1OCC(COS(=O)(=O)CC(F)(F)F)O1. The summed E-state index contributed by atoms with van der Waals surface area (Å²) in [7, 11) is -4.72. The zero-order chi connectivity index (χ0) is 12.4. The third kappa shape index (κ3) is 4.66. The molecule has 0 aromatic rings. The molecule has 1 fully saturated rings. The predicted molar refractivity (Wildman–Crippen MR) is 42.0 cm³/mol. The molecule has 1 heterocycles. The molecule has 0 aromatic carbocycles. The highest BCUT2D eigenvalue weighted by atomic mass is 32.2. The van der Waals surface area contributed by atoms with Crippen molar-refractivity contribution in [1.82, 2.24) is 0 Å². The number of hydrogen-bond acceptors (Lipinski definition) is 6. The third-order valence-electron chi connectivity index (χ3n) is 1.42. The number of halogens is 3. The van der Waals surface area contributed by atoms with Crippen LogP contribution in [0.3, 0.4) is 0 Å². The van der Waals surface area contributed by atoms with E-state index in [-0.39, 0.29) is 6.61 Å². The highest BCUT2D eigenvalue weighted by molar-refractivity contribution is 7.86. The highest BCUT2D eigenvalue weighted by Gasteiger charge is 2.37. The Labute approximate surface area is 88.4 Å². The van der Waals surface area contributed by atoms with Gasteiger partial charge in [-0.15, -0.1) is 0 Å². The zero-order valence-corrected chi connectivity index (χ0v) is 8.51. The van der Waals surface area contributed by atoms with Crippen LogP contribution < -0.4 is 0 Å². The van der Waals surface area contributed by atoms with Crippen molar-refractivity contribution in [3.8, 4) is 0 Å². The number of cyclic esters (lactones) is 2. The van der Waals surface area contributed by atoms with Gasteiger partial charge in [-0.1, -0.05) is 0 Å². The maximum absolute atomic E-state index is 11.7. The van der Waals surface area contributed by atoms with Crippen molar-refractivity contribution < 1.29 is 40.0 Å². The first-order chi connectivity index (χ1) is 7.18. The van der Waals surface area contributed by atoms with Gasteiger partial charge in [-0.2, -0.15) is 21.6 Å². The average molecular weight is 264 g/mol. The van der Waals surface area contributed by atoms with Crippen LogP contribution in [0.25, 0.3) is 0 Å². The largest absolute Gasteiger partial charge is 0.508 e. The standard InChI is InChI=1S/C6H7F3O6S/c7-6(8,9)3-16(11,12)14-2-4-1-13-5(10)15-4/h4H,1-3H2. The normalized spacial score (nSPS) is 21.7. The van der Waals surface area contributed by atoms with Crippen LogP contribution in [0.2, 0.25) is 0 Å². The lowest BCUT2D eigenvalue weighted by atomic mass is 10.4. The van der Waals surface area contributed by atoms with Gasteiger partial charge in [-0.3, -0.25) is 4.18 Å². The van der Waals surface area contributed by atoms with E-state index in [0.29, 0.717) is 0 Å². The molecule has 0 bridgehead atoms. The second-order valence-electron chi connectivity index (χ2n) is 2.90. The smallest absolute Gasteiger partial charge is 0.430 e. The Bertz CT molecular complexity index is 361. The van der Waals surface area contributed by atoms with Crippen molar-refractivity contribution >= 4 is 16.3 Å². The van der Waals surface area contributed by atoms with Gasteiger partial charge in [0.1, 0.15) is 13.2 Å². The minimum atomic E-state index is -4.87. The number of hydrogen-bond donors (Lipinski definition) is 0. The monoisotopic (exact) mass is 264 g/mol. The summed E-state index contributed by atoms with van der Waals surface area (Å²) in [6, 6.07) is 0. The molecule has 0 N–H and O–H groups in total. The predicted octanol–water partition coefficient (Wildman–Crippen LogP) is 0.430. The van der Waals surface area contributed by atoms with Gasteiger partial charge in [0.15, 0.2) is 11.9 Å². The van der Waals surface area contributed by atoms with E-state index in [9.17, 15) is 26.4 Å². The number of carbonyl (C=O) groups excluding carboxylic acids is 1. The van der Waals surface area contributed by atoms with Crippen molar-refractivity contribution in [2.24, 2.45) is 0 Å². The Morgan fingerprint density at radius 2 is 2.06 bits per heavy atom. The molecule has 16 heavy (non-hydrogen) atoms. The molecule has 0 saturated carbocycles. The van der Waals surface area contributed by atoms with Crippen molar-refractivity contribution in [3.05, 3.63) is 0 Å². The van der Waals surface area contributed by atoms with Crippen LogP contribution in [0.15, 0.2) is 0 Å². The fourth-order valence-electron chi connectivity index (χ4n) is 0.869. The first-order valence-corrected chi connectivity index (χ1v) is 5.53. The number of alkyl halides is 3. The molecule has 0 spiro atoms. The zero-order valence-electron chi connectivity index (χ0n) is 7.69. The lowest BCUT2D eigenvalue weighted by molar-refractivity contribution is -0.107. The molecule has 0 radical (unpaired) electrons. The first kappa shape index (κ1) is 13.0. The van der Waals surface area contributed by atoms with Crippen LogP contribution in [-0.2, 0) is 23.8 Å². The molecule has 1 rings (SSSR count). The Balaban J connectivity index is 2.39. The molecule has 6 nitrogen and oxygen atoms in total. The molecule has 1 saturated heterocycles. The third-order valence-corrected chi connectivity index (χ3v) is 2.60. The van der Waals surface area contributed by atoms with Crippen molar-refractivity contribution in [3.63, 3.8) is 0 Å². The van der Waals surface area contributed by atoms with E-state index in [1.54, 1.807) is 0 Å². The number of ether oxygens (including phenoxy) is 2. The van der Waals surface area contributed by atoms with Gasteiger partial charge < -0.3 is 9.47 Å². The minimum Gasteiger partial charge on any atom is -0.430 e. The maximum Gasteiger partial charge on any atom is 0.508 e. The lowest BCUT2D eigenvalue weighted by Gasteiger charge is -2.09. The Morgan fingerprint density at radius 3 is 2.50 bits per heavy atom. The van der Waals surface area contributed by atoms with Crippen LogP contribution in [0, 0.1) is 0 Å². The van der Waals surface area contributed by atoms with Crippen LogP contribution >= 0.6 is 0 Å². The Morgan fingerprint density at radius 1 is 1.44 bits per heavy atom. The molecule has 0 amide bonds. The number of carbonyl (C=O) groups is 1. The van der Waals surface area contributed by atoms with Gasteiger partial charge in [-0.05, 0) is 0 Å². The summed E-state index contributed by atoms with van der Waals surface area (Å²) in [6.45, 7) is -0.940. The van der Waals surface area contributed by atoms with Gasteiger partial charge in [-0.25, -0.2) is 4.79 Å².